The summed E-state index contributed by atoms with van der Waals surface area (Å²) in [7, 11) is 0. The lowest BCUT2D eigenvalue weighted by atomic mass is 10.5. The second-order valence-electron chi connectivity index (χ2n) is 2.00. The summed E-state index contributed by atoms with van der Waals surface area (Å²) < 4.78 is 0. The molecule has 60 valence electrons. The lowest BCUT2D eigenvalue weighted by molar-refractivity contribution is 0.458. The summed E-state index contributed by atoms with van der Waals surface area (Å²) in [4.78, 5) is 6.12. The Morgan fingerprint density at radius 2 is 1.80 bits per heavy atom. The lowest BCUT2D eigenvalue weighted by Crippen LogP contribution is -2.37. The van der Waals surface area contributed by atoms with Crippen molar-refractivity contribution in [1.82, 2.24) is 4.90 Å². The van der Waals surface area contributed by atoms with Crippen LogP contribution in [0.25, 0.3) is 0 Å². The van der Waals surface area contributed by atoms with E-state index in [1.165, 1.54) is 0 Å². The number of hydrogen-bond acceptors (Lipinski definition) is 1. The first kappa shape index (κ1) is 9.27. The van der Waals surface area contributed by atoms with Crippen molar-refractivity contribution < 1.29 is 0 Å². The van der Waals surface area contributed by atoms with Gasteiger partial charge in [-0.2, -0.15) is 0 Å². The van der Waals surface area contributed by atoms with Gasteiger partial charge in [-0.15, -0.1) is 0 Å². The van der Waals surface area contributed by atoms with Crippen molar-refractivity contribution in [2.75, 3.05) is 19.6 Å². The Morgan fingerprint density at radius 3 is 2.10 bits per heavy atom. The molecular weight excluding hydrogens is 126 g/mol. The Hall–Kier alpha value is -0.730. The summed E-state index contributed by atoms with van der Waals surface area (Å²) in [5.74, 6) is 0.660. The van der Waals surface area contributed by atoms with Gasteiger partial charge in [0.25, 0.3) is 0 Å². The molecule has 0 aliphatic heterocycles. The molecule has 0 rings (SSSR count). The number of aliphatic imine (C=N–C) groups is 1. The molecule has 0 unspecified atom stereocenters. The average Bonchev–Trinajstić information content (AvgIpc) is 1.91. The van der Waals surface area contributed by atoms with E-state index in [1.807, 2.05) is 11.8 Å². The third-order valence-electron chi connectivity index (χ3n) is 1.41. The zero-order valence-electron chi connectivity index (χ0n) is 7.09. The highest BCUT2D eigenvalue weighted by Gasteiger charge is 1.98. The van der Waals surface area contributed by atoms with Crippen molar-refractivity contribution in [2.45, 2.75) is 20.8 Å². The highest BCUT2D eigenvalue weighted by molar-refractivity contribution is 5.77. The van der Waals surface area contributed by atoms with Gasteiger partial charge in [0.2, 0.25) is 0 Å². The molecule has 0 radical (unpaired) electrons. The molecule has 0 amide bonds. The monoisotopic (exact) mass is 143 g/mol. The van der Waals surface area contributed by atoms with E-state index in [2.05, 4.69) is 18.8 Å². The highest BCUT2D eigenvalue weighted by Crippen LogP contribution is 1.85. The van der Waals surface area contributed by atoms with Crippen LogP contribution in [-0.4, -0.2) is 30.5 Å². The van der Waals surface area contributed by atoms with Gasteiger partial charge in [0, 0.05) is 19.6 Å². The quantitative estimate of drug-likeness (QED) is 0.466. The van der Waals surface area contributed by atoms with Crippen LogP contribution in [-0.2, 0) is 0 Å². The summed E-state index contributed by atoms with van der Waals surface area (Å²) in [5, 5.41) is 0. The molecular formula is C7H17N3. The van der Waals surface area contributed by atoms with Crippen LogP contribution in [0.5, 0.6) is 0 Å². The molecule has 0 saturated carbocycles. The van der Waals surface area contributed by atoms with E-state index >= 15 is 0 Å². The topological polar surface area (TPSA) is 41.6 Å². The second-order valence-corrected chi connectivity index (χ2v) is 2.00. The largest absolute Gasteiger partial charge is 0.370 e. The van der Waals surface area contributed by atoms with Crippen LogP contribution < -0.4 is 5.73 Å². The van der Waals surface area contributed by atoms with Crippen LogP contribution >= 0.6 is 0 Å². The summed E-state index contributed by atoms with van der Waals surface area (Å²) in [6.45, 7) is 8.76. The summed E-state index contributed by atoms with van der Waals surface area (Å²) in [6, 6.07) is 0. The van der Waals surface area contributed by atoms with Crippen LogP contribution in [0, 0.1) is 0 Å². The Morgan fingerprint density at radius 1 is 1.30 bits per heavy atom. The SMILES string of the molecule is CCN=C(N)N(CC)CC. The second kappa shape index (κ2) is 5.09. The molecule has 0 heterocycles. The Labute approximate surface area is 62.9 Å². The Kier molecular flexibility index (Phi) is 4.72. The highest BCUT2D eigenvalue weighted by atomic mass is 15.2. The van der Waals surface area contributed by atoms with Gasteiger partial charge >= 0.3 is 0 Å². The summed E-state index contributed by atoms with van der Waals surface area (Å²) >= 11 is 0. The van der Waals surface area contributed by atoms with Gasteiger partial charge in [-0.05, 0) is 20.8 Å². The maximum atomic E-state index is 5.63. The third-order valence-corrected chi connectivity index (χ3v) is 1.41. The van der Waals surface area contributed by atoms with Gasteiger partial charge in [-0.1, -0.05) is 0 Å². The number of hydrogen-bond donors (Lipinski definition) is 1. The molecule has 0 saturated heterocycles. The Balaban J connectivity index is 3.87. The molecule has 2 N–H and O–H groups in total. The smallest absolute Gasteiger partial charge is 0.191 e. The van der Waals surface area contributed by atoms with Crippen molar-refractivity contribution in [3.63, 3.8) is 0 Å². The number of rotatable bonds is 3. The van der Waals surface area contributed by atoms with E-state index in [4.69, 9.17) is 5.73 Å². The third kappa shape index (κ3) is 2.71. The number of nitrogens with two attached hydrogens (primary N) is 1. The fourth-order valence-corrected chi connectivity index (χ4v) is 0.810. The van der Waals surface area contributed by atoms with Crippen molar-refractivity contribution in [1.29, 1.82) is 0 Å². The van der Waals surface area contributed by atoms with E-state index < -0.39 is 0 Å². The van der Waals surface area contributed by atoms with E-state index in [-0.39, 0.29) is 0 Å². The predicted octanol–water partition coefficient (Wildman–Crippen LogP) is 0.663. The fraction of sp³-hybridized carbons (Fsp3) is 0.857. The van der Waals surface area contributed by atoms with E-state index in [0.29, 0.717) is 5.96 Å². The first-order chi connectivity index (χ1) is 4.76. The van der Waals surface area contributed by atoms with Crippen molar-refractivity contribution in [3.05, 3.63) is 0 Å². The molecule has 0 bridgehead atoms. The molecule has 3 heteroatoms. The van der Waals surface area contributed by atoms with Gasteiger partial charge in [0.05, 0.1) is 0 Å². The lowest BCUT2D eigenvalue weighted by Gasteiger charge is -2.18. The molecule has 0 spiro atoms. The van der Waals surface area contributed by atoms with Crippen molar-refractivity contribution in [3.8, 4) is 0 Å². The summed E-state index contributed by atoms with van der Waals surface area (Å²) in [5.41, 5.74) is 5.63. The minimum Gasteiger partial charge on any atom is -0.370 e. The van der Waals surface area contributed by atoms with E-state index in [9.17, 15) is 0 Å². The van der Waals surface area contributed by atoms with E-state index in [0.717, 1.165) is 19.6 Å². The van der Waals surface area contributed by atoms with Crippen LogP contribution in [0.2, 0.25) is 0 Å². The summed E-state index contributed by atoms with van der Waals surface area (Å²) in [6.07, 6.45) is 0. The molecule has 0 aromatic heterocycles. The number of nitrogens with zero attached hydrogens (tertiary/aromatic N) is 2. The molecule has 10 heavy (non-hydrogen) atoms. The van der Waals surface area contributed by atoms with Crippen LogP contribution in [0.3, 0.4) is 0 Å². The van der Waals surface area contributed by atoms with Gasteiger partial charge in [0.1, 0.15) is 0 Å². The predicted molar refractivity (Wildman–Crippen MR) is 45.1 cm³/mol. The Bertz CT molecular complexity index is 105. The zero-order chi connectivity index (χ0) is 7.98. The average molecular weight is 143 g/mol. The molecule has 0 atom stereocenters. The van der Waals surface area contributed by atoms with Gasteiger partial charge in [-0.3, -0.25) is 4.99 Å². The van der Waals surface area contributed by atoms with Crippen LogP contribution in [0.4, 0.5) is 0 Å². The van der Waals surface area contributed by atoms with Gasteiger partial charge in [0.15, 0.2) is 5.96 Å². The maximum Gasteiger partial charge on any atom is 0.191 e. The molecule has 0 aliphatic rings. The van der Waals surface area contributed by atoms with Crippen molar-refractivity contribution in [2.24, 2.45) is 10.7 Å². The molecule has 0 aliphatic carbocycles. The van der Waals surface area contributed by atoms with Crippen molar-refractivity contribution >= 4 is 5.96 Å². The normalized spacial score (nSPS) is 11.7. The molecule has 0 fully saturated rings. The minimum atomic E-state index is 0.660. The molecule has 0 aromatic rings. The van der Waals surface area contributed by atoms with Crippen LogP contribution in [0.15, 0.2) is 4.99 Å². The number of guanidine groups is 1. The van der Waals surface area contributed by atoms with E-state index in [1.54, 1.807) is 0 Å². The standard InChI is InChI=1S/C7H17N3/c1-4-9-7(8)10(5-2)6-3/h4-6H2,1-3H3,(H2,8,9). The fourth-order valence-electron chi connectivity index (χ4n) is 0.810. The molecule has 0 aromatic carbocycles. The first-order valence-electron chi connectivity index (χ1n) is 3.81. The first-order valence-corrected chi connectivity index (χ1v) is 3.81. The van der Waals surface area contributed by atoms with Crippen LogP contribution in [0.1, 0.15) is 20.8 Å². The van der Waals surface area contributed by atoms with Gasteiger partial charge < -0.3 is 10.6 Å². The van der Waals surface area contributed by atoms with Gasteiger partial charge in [-0.25, -0.2) is 0 Å². The maximum absolute atomic E-state index is 5.63. The zero-order valence-corrected chi connectivity index (χ0v) is 7.09. The minimum absolute atomic E-state index is 0.660. The molecule has 3 nitrogen and oxygen atoms in total.